The SMILES string of the molecule is C/C=C/c1cn(C2CC(O)C(CO)O2)c(=O)nc1N. The predicted molar refractivity (Wildman–Crippen MR) is 69.2 cm³/mol. The van der Waals surface area contributed by atoms with Crippen molar-refractivity contribution in [1.29, 1.82) is 0 Å². The third-order valence-corrected chi connectivity index (χ3v) is 3.05. The van der Waals surface area contributed by atoms with E-state index in [2.05, 4.69) is 4.98 Å². The standard InChI is InChI=1S/C12H17N3O4/c1-2-3-7-5-15(12(18)14-11(7)13)10-4-8(17)9(6-16)19-10/h2-3,5,8-10,16-17H,4,6H2,1H3,(H2,13,14,18)/b3-2+. The molecule has 3 unspecified atom stereocenters. The Morgan fingerprint density at radius 1 is 1.68 bits per heavy atom. The third kappa shape index (κ3) is 2.67. The summed E-state index contributed by atoms with van der Waals surface area (Å²) in [6.45, 7) is 1.53. The molecule has 104 valence electrons. The lowest BCUT2D eigenvalue weighted by Crippen LogP contribution is -2.28. The van der Waals surface area contributed by atoms with Gasteiger partial charge in [-0.05, 0) is 6.92 Å². The van der Waals surface area contributed by atoms with Crippen molar-refractivity contribution in [2.24, 2.45) is 0 Å². The molecule has 1 aliphatic rings. The Bertz CT molecular complexity index is 540. The van der Waals surface area contributed by atoms with Crippen LogP contribution in [0.15, 0.2) is 17.1 Å². The van der Waals surface area contributed by atoms with Gasteiger partial charge in [0.05, 0.1) is 12.7 Å². The molecule has 1 aromatic rings. The Balaban J connectivity index is 2.35. The molecule has 0 bridgehead atoms. The average molecular weight is 267 g/mol. The van der Waals surface area contributed by atoms with Crippen LogP contribution in [0.5, 0.6) is 0 Å². The molecular formula is C12H17N3O4. The Morgan fingerprint density at radius 2 is 2.42 bits per heavy atom. The van der Waals surface area contributed by atoms with Crippen LogP contribution in [0.2, 0.25) is 0 Å². The molecule has 1 fully saturated rings. The van der Waals surface area contributed by atoms with Crippen LogP contribution >= 0.6 is 0 Å². The lowest BCUT2D eigenvalue weighted by Gasteiger charge is -2.15. The zero-order valence-corrected chi connectivity index (χ0v) is 10.6. The van der Waals surface area contributed by atoms with E-state index in [-0.39, 0.29) is 18.8 Å². The van der Waals surface area contributed by atoms with Crippen molar-refractivity contribution in [1.82, 2.24) is 9.55 Å². The van der Waals surface area contributed by atoms with Crippen molar-refractivity contribution >= 4 is 11.9 Å². The minimum absolute atomic E-state index is 0.150. The molecule has 0 saturated carbocycles. The maximum Gasteiger partial charge on any atom is 0.351 e. The van der Waals surface area contributed by atoms with Crippen LogP contribution in [0.4, 0.5) is 5.82 Å². The number of ether oxygens (including phenoxy) is 1. The number of nitrogens with two attached hydrogens (primary N) is 1. The second-order valence-electron chi connectivity index (χ2n) is 4.39. The number of anilines is 1. The molecule has 2 rings (SSSR count). The Kier molecular flexibility index (Phi) is 3.98. The van der Waals surface area contributed by atoms with Crippen molar-refractivity contribution in [3.63, 3.8) is 0 Å². The maximum atomic E-state index is 11.8. The molecule has 7 nitrogen and oxygen atoms in total. The normalized spacial score (nSPS) is 27.2. The molecule has 0 aliphatic carbocycles. The third-order valence-electron chi connectivity index (χ3n) is 3.05. The lowest BCUT2D eigenvalue weighted by atomic mass is 10.2. The van der Waals surface area contributed by atoms with E-state index in [4.69, 9.17) is 15.6 Å². The molecule has 0 amide bonds. The van der Waals surface area contributed by atoms with Crippen LogP contribution in [0, 0.1) is 0 Å². The number of nitrogens with zero attached hydrogens (tertiary/aromatic N) is 2. The fourth-order valence-corrected chi connectivity index (χ4v) is 2.06. The molecule has 1 aromatic heterocycles. The number of hydrogen-bond acceptors (Lipinski definition) is 6. The summed E-state index contributed by atoms with van der Waals surface area (Å²) in [6, 6.07) is 0. The summed E-state index contributed by atoms with van der Waals surface area (Å²) >= 11 is 0. The predicted octanol–water partition coefficient (Wildman–Crippen LogP) is -0.501. The summed E-state index contributed by atoms with van der Waals surface area (Å²) in [6.07, 6.45) is 3.16. The quantitative estimate of drug-likeness (QED) is 0.681. The highest BCUT2D eigenvalue weighted by molar-refractivity contribution is 5.59. The van der Waals surface area contributed by atoms with Gasteiger partial charge in [-0.25, -0.2) is 4.79 Å². The van der Waals surface area contributed by atoms with Gasteiger partial charge in [-0.1, -0.05) is 12.2 Å². The molecule has 0 spiro atoms. The first-order chi connectivity index (χ1) is 9.06. The van der Waals surface area contributed by atoms with Gasteiger partial charge in [0.2, 0.25) is 0 Å². The Morgan fingerprint density at radius 3 is 3.00 bits per heavy atom. The molecule has 1 saturated heterocycles. The summed E-state index contributed by atoms with van der Waals surface area (Å²) in [7, 11) is 0. The Labute approximate surface area is 110 Å². The molecule has 4 N–H and O–H groups in total. The maximum absolute atomic E-state index is 11.8. The molecule has 19 heavy (non-hydrogen) atoms. The number of nitrogen functional groups attached to an aromatic ring is 1. The van der Waals surface area contributed by atoms with Crippen LogP contribution < -0.4 is 11.4 Å². The molecule has 0 radical (unpaired) electrons. The highest BCUT2D eigenvalue weighted by Crippen LogP contribution is 2.27. The average Bonchev–Trinajstić information content (AvgIpc) is 2.74. The largest absolute Gasteiger partial charge is 0.394 e. The highest BCUT2D eigenvalue weighted by atomic mass is 16.5. The van der Waals surface area contributed by atoms with Crippen molar-refractivity contribution in [2.75, 3.05) is 12.3 Å². The van der Waals surface area contributed by atoms with Crippen molar-refractivity contribution in [2.45, 2.75) is 31.8 Å². The van der Waals surface area contributed by atoms with Gasteiger partial charge in [0.15, 0.2) is 0 Å². The number of allylic oxidation sites excluding steroid dienone is 1. The van der Waals surface area contributed by atoms with Crippen molar-refractivity contribution in [3.05, 3.63) is 28.3 Å². The molecule has 3 atom stereocenters. The van der Waals surface area contributed by atoms with E-state index < -0.39 is 24.1 Å². The second kappa shape index (κ2) is 5.52. The minimum atomic E-state index is -0.801. The van der Waals surface area contributed by atoms with Gasteiger partial charge in [0, 0.05) is 18.2 Å². The van der Waals surface area contributed by atoms with Crippen molar-refractivity contribution < 1.29 is 14.9 Å². The van der Waals surface area contributed by atoms with Crippen LogP contribution in [-0.2, 0) is 4.74 Å². The van der Waals surface area contributed by atoms with E-state index >= 15 is 0 Å². The van der Waals surface area contributed by atoms with Crippen LogP contribution in [-0.4, -0.2) is 38.6 Å². The second-order valence-corrected chi connectivity index (χ2v) is 4.39. The number of hydrogen-bond donors (Lipinski definition) is 3. The summed E-state index contributed by atoms with van der Waals surface area (Å²) < 4.78 is 6.70. The molecular weight excluding hydrogens is 250 g/mol. The summed E-state index contributed by atoms with van der Waals surface area (Å²) in [4.78, 5) is 15.5. The molecule has 0 aromatic carbocycles. The van der Waals surface area contributed by atoms with E-state index in [1.807, 2.05) is 6.92 Å². The van der Waals surface area contributed by atoms with E-state index in [9.17, 15) is 9.90 Å². The zero-order valence-electron chi connectivity index (χ0n) is 10.6. The highest BCUT2D eigenvalue weighted by Gasteiger charge is 2.35. The van der Waals surface area contributed by atoms with E-state index in [0.29, 0.717) is 5.56 Å². The van der Waals surface area contributed by atoms with Crippen LogP contribution in [0.3, 0.4) is 0 Å². The number of aromatic nitrogens is 2. The van der Waals surface area contributed by atoms with Gasteiger partial charge < -0.3 is 20.7 Å². The first kappa shape index (κ1) is 13.7. The molecule has 2 heterocycles. The van der Waals surface area contributed by atoms with Gasteiger partial charge in [-0.3, -0.25) is 4.57 Å². The van der Waals surface area contributed by atoms with Gasteiger partial charge in [0.1, 0.15) is 18.1 Å². The first-order valence-corrected chi connectivity index (χ1v) is 6.02. The van der Waals surface area contributed by atoms with E-state index in [0.717, 1.165) is 0 Å². The van der Waals surface area contributed by atoms with Crippen LogP contribution in [0.25, 0.3) is 6.08 Å². The van der Waals surface area contributed by atoms with E-state index in [1.165, 1.54) is 4.57 Å². The van der Waals surface area contributed by atoms with Crippen LogP contribution in [0.1, 0.15) is 25.1 Å². The Hall–Kier alpha value is -1.70. The first-order valence-electron chi connectivity index (χ1n) is 6.02. The lowest BCUT2D eigenvalue weighted by molar-refractivity contribution is -0.0458. The number of aliphatic hydroxyl groups is 2. The summed E-state index contributed by atoms with van der Waals surface area (Å²) in [5.74, 6) is 0.150. The molecule has 1 aliphatic heterocycles. The van der Waals surface area contributed by atoms with E-state index in [1.54, 1.807) is 18.3 Å². The molecule has 7 heteroatoms. The van der Waals surface area contributed by atoms with Crippen molar-refractivity contribution in [3.8, 4) is 0 Å². The van der Waals surface area contributed by atoms with Gasteiger partial charge >= 0.3 is 5.69 Å². The minimum Gasteiger partial charge on any atom is -0.394 e. The fourth-order valence-electron chi connectivity index (χ4n) is 2.06. The van der Waals surface area contributed by atoms with Gasteiger partial charge in [0.25, 0.3) is 0 Å². The van der Waals surface area contributed by atoms with Gasteiger partial charge in [-0.15, -0.1) is 0 Å². The van der Waals surface area contributed by atoms with Gasteiger partial charge in [-0.2, -0.15) is 4.98 Å². The monoisotopic (exact) mass is 267 g/mol. The fraction of sp³-hybridized carbons (Fsp3) is 0.500. The summed E-state index contributed by atoms with van der Waals surface area (Å²) in [5.41, 5.74) is 5.71. The number of aliphatic hydroxyl groups excluding tert-OH is 2. The zero-order chi connectivity index (χ0) is 14.0. The topological polar surface area (TPSA) is 111 Å². The summed E-state index contributed by atoms with van der Waals surface area (Å²) in [5, 5.41) is 18.7. The smallest absolute Gasteiger partial charge is 0.351 e. The number of rotatable bonds is 3.